The molecule has 0 aromatic carbocycles. The lowest BCUT2D eigenvalue weighted by Gasteiger charge is -2.37. The number of piperidine rings is 1. The predicted octanol–water partition coefficient (Wildman–Crippen LogP) is 2.90. The van der Waals surface area contributed by atoms with Crippen molar-refractivity contribution in [1.82, 2.24) is 10.2 Å². The molecule has 1 heterocycles. The zero-order chi connectivity index (χ0) is 14.6. The lowest BCUT2D eigenvalue weighted by Crippen LogP contribution is -2.48. The topological polar surface area (TPSA) is 24.5 Å². The van der Waals surface area contributed by atoms with Crippen LogP contribution in [0.4, 0.5) is 0 Å². The number of nitrogens with one attached hydrogen (secondary N) is 1. The van der Waals surface area contributed by atoms with E-state index in [1.54, 1.807) is 0 Å². The highest BCUT2D eigenvalue weighted by molar-refractivity contribution is 4.97. The Morgan fingerprint density at radius 3 is 2.75 bits per heavy atom. The third-order valence-electron chi connectivity index (χ3n) is 5.25. The van der Waals surface area contributed by atoms with Crippen LogP contribution in [-0.2, 0) is 4.74 Å². The van der Waals surface area contributed by atoms with Crippen LogP contribution in [0.1, 0.15) is 53.4 Å². The minimum atomic E-state index is 0.454. The van der Waals surface area contributed by atoms with E-state index >= 15 is 0 Å². The third kappa shape index (κ3) is 3.96. The smallest absolute Gasteiger partial charge is 0.0702 e. The van der Waals surface area contributed by atoms with Gasteiger partial charge in [0.15, 0.2) is 0 Å². The minimum Gasteiger partial charge on any atom is -0.377 e. The summed E-state index contributed by atoms with van der Waals surface area (Å²) in [5, 5.41) is 3.75. The Hall–Kier alpha value is -0.120. The second-order valence-electron chi connectivity index (χ2n) is 7.30. The Morgan fingerprint density at radius 1 is 1.25 bits per heavy atom. The van der Waals surface area contributed by atoms with E-state index in [0.717, 1.165) is 25.6 Å². The molecule has 1 saturated heterocycles. The van der Waals surface area contributed by atoms with Crippen molar-refractivity contribution < 1.29 is 4.74 Å². The molecule has 1 aliphatic carbocycles. The highest BCUT2D eigenvalue weighted by atomic mass is 16.5. The second kappa shape index (κ2) is 7.24. The van der Waals surface area contributed by atoms with Gasteiger partial charge in [-0.15, -0.1) is 0 Å². The summed E-state index contributed by atoms with van der Waals surface area (Å²) in [5.74, 6) is 0.810. The molecular weight excluding hydrogens is 248 g/mol. The first-order chi connectivity index (χ1) is 9.56. The number of rotatable bonds is 6. The molecule has 118 valence electrons. The number of hydrogen-bond donors (Lipinski definition) is 1. The Bertz CT molecular complexity index is 291. The second-order valence-corrected chi connectivity index (χ2v) is 7.30. The third-order valence-corrected chi connectivity index (χ3v) is 5.25. The molecule has 3 unspecified atom stereocenters. The first-order valence-corrected chi connectivity index (χ1v) is 8.64. The summed E-state index contributed by atoms with van der Waals surface area (Å²) in [7, 11) is 0. The molecule has 0 bridgehead atoms. The van der Waals surface area contributed by atoms with Crippen molar-refractivity contribution in [2.24, 2.45) is 11.3 Å². The molecule has 3 atom stereocenters. The van der Waals surface area contributed by atoms with Gasteiger partial charge in [-0.3, -0.25) is 0 Å². The van der Waals surface area contributed by atoms with Crippen molar-refractivity contribution in [3.8, 4) is 0 Å². The number of nitrogens with zero attached hydrogens (tertiary/aromatic N) is 1. The molecule has 2 rings (SSSR count). The first-order valence-electron chi connectivity index (χ1n) is 8.64. The highest BCUT2D eigenvalue weighted by Crippen LogP contribution is 2.41. The monoisotopic (exact) mass is 282 g/mol. The maximum absolute atomic E-state index is 5.84. The average Bonchev–Trinajstić information content (AvgIpc) is 2.68. The Morgan fingerprint density at radius 2 is 2.05 bits per heavy atom. The van der Waals surface area contributed by atoms with E-state index < -0.39 is 0 Å². The maximum Gasteiger partial charge on any atom is 0.0702 e. The summed E-state index contributed by atoms with van der Waals surface area (Å²) in [6, 6.07) is 0.681. The molecule has 3 nitrogen and oxygen atoms in total. The average molecular weight is 282 g/mol. The van der Waals surface area contributed by atoms with Crippen LogP contribution in [-0.4, -0.2) is 49.8 Å². The van der Waals surface area contributed by atoms with Crippen LogP contribution >= 0.6 is 0 Å². The highest BCUT2D eigenvalue weighted by Gasteiger charge is 2.42. The van der Waals surface area contributed by atoms with E-state index in [1.807, 2.05) is 0 Å². The molecule has 1 N–H and O–H groups in total. The van der Waals surface area contributed by atoms with Gasteiger partial charge in [0.05, 0.1) is 6.10 Å². The van der Waals surface area contributed by atoms with E-state index in [1.165, 1.54) is 38.8 Å². The molecule has 2 fully saturated rings. The lowest BCUT2D eigenvalue weighted by molar-refractivity contribution is 0.000295. The van der Waals surface area contributed by atoms with Crippen molar-refractivity contribution in [3.05, 3.63) is 0 Å². The fourth-order valence-electron chi connectivity index (χ4n) is 4.26. The van der Waals surface area contributed by atoms with Gasteiger partial charge in [0, 0.05) is 25.7 Å². The van der Waals surface area contributed by atoms with Crippen LogP contribution in [0, 0.1) is 11.3 Å². The van der Waals surface area contributed by atoms with E-state index in [-0.39, 0.29) is 0 Å². The van der Waals surface area contributed by atoms with Crippen molar-refractivity contribution in [3.63, 3.8) is 0 Å². The SMILES string of the molecule is CCNC1C(CN2CCCC(OCC)C2)CCC1(C)C. The van der Waals surface area contributed by atoms with Gasteiger partial charge in [-0.05, 0) is 57.0 Å². The van der Waals surface area contributed by atoms with Gasteiger partial charge in [-0.1, -0.05) is 20.8 Å². The Balaban J connectivity index is 1.88. The lowest BCUT2D eigenvalue weighted by atomic mass is 9.84. The molecule has 0 aromatic heterocycles. The molecule has 1 aliphatic heterocycles. The Kier molecular flexibility index (Phi) is 5.88. The number of hydrogen-bond acceptors (Lipinski definition) is 3. The zero-order valence-electron chi connectivity index (χ0n) is 14.0. The summed E-state index contributed by atoms with van der Waals surface area (Å²) in [6.45, 7) is 14.8. The number of likely N-dealkylation sites (tertiary alicyclic amines) is 1. The summed E-state index contributed by atoms with van der Waals surface area (Å²) in [5.41, 5.74) is 0.454. The molecule has 20 heavy (non-hydrogen) atoms. The molecule has 1 saturated carbocycles. The van der Waals surface area contributed by atoms with E-state index in [2.05, 4.69) is 37.9 Å². The van der Waals surface area contributed by atoms with Crippen LogP contribution in [0.25, 0.3) is 0 Å². The van der Waals surface area contributed by atoms with Crippen LogP contribution in [0.3, 0.4) is 0 Å². The van der Waals surface area contributed by atoms with E-state index in [0.29, 0.717) is 17.6 Å². The maximum atomic E-state index is 5.84. The normalized spacial score (nSPS) is 34.5. The molecule has 0 amide bonds. The number of ether oxygens (including phenoxy) is 1. The van der Waals surface area contributed by atoms with E-state index in [9.17, 15) is 0 Å². The fraction of sp³-hybridized carbons (Fsp3) is 1.00. The summed E-state index contributed by atoms with van der Waals surface area (Å²) >= 11 is 0. The van der Waals surface area contributed by atoms with Gasteiger partial charge in [0.25, 0.3) is 0 Å². The fourth-order valence-corrected chi connectivity index (χ4v) is 4.26. The molecular formula is C17H34N2O. The molecule has 0 radical (unpaired) electrons. The molecule has 3 heteroatoms. The first kappa shape index (κ1) is 16.3. The summed E-state index contributed by atoms with van der Waals surface area (Å²) < 4.78 is 5.84. The van der Waals surface area contributed by atoms with Crippen molar-refractivity contribution in [2.75, 3.05) is 32.8 Å². The van der Waals surface area contributed by atoms with Gasteiger partial charge >= 0.3 is 0 Å². The quantitative estimate of drug-likeness (QED) is 0.811. The van der Waals surface area contributed by atoms with Gasteiger partial charge in [0.2, 0.25) is 0 Å². The largest absolute Gasteiger partial charge is 0.377 e. The van der Waals surface area contributed by atoms with E-state index in [4.69, 9.17) is 4.74 Å². The molecule has 0 aromatic rings. The van der Waals surface area contributed by atoms with Gasteiger partial charge < -0.3 is 15.0 Å². The van der Waals surface area contributed by atoms with Crippen LogP contribution in [0.15, 0.2) is 0 Å². The van der Waals surface area contributed by atoms with Crippen molar-refractivity contribution in [1.29, 1.82) is 0 Å². The zero-order valence-corrected chi connectivity index (χ0v) is 14.0. The summed E-state index contributed by atoms with van der Waals surface area (Å²) in [6.07, 6.45) is 5.75. The molecule has 0 spiro atoms. The van der Waals surface area contributed by atoms with Crippen LogP contribution < -0.4 is 5.32 Å². The van der Waals surface area contributed by atoms with Crippen molar-refractivity contribution >= 4 is 0 Å². The van der Waals surface area contributed by atoms with Crippen molar-refractivity contribution in [2.45, 2.75) is 65.5 Å². The standard InChI is InChI=1S/C17H34N2O/c1-5-18-16-14(9-10-17(16,3)4)12-19-11-7-8-15(13-19)20-6-2/h14-16,18H,5-13H2,1-4H3. The van der Waals surface area contributed by atoms with Gasteiger partial charge in [-0.25, -0.2) is 0 Å². The van der Waals surface area contributed by atoms with Crippen LogP contribution in [0.2, 0.25) is 0 Å². The van der Waals surface area contributed by atoms with Gasteiger partial charge in [-0.2, -0.15) is 0 Å². The Labute approximate surface area is 125 Å². The minimum absolute atomic E-state index is 0.454. The summed E-state index contributed by atoms with van der Waals surface area (Å²) in [4.78, 5) is 2.65. The van der Waals surface area contributed by atoms with Gasteiger partial charge in [0.1, 0.15) is 0 Å². The molecule has 2 aliphatic rings. The van der Waals surface area contributed by atoms with Crippen LogP contribution in [0.5, 0.6) is 0 Å². The predicted molar refractivity (Wildman–Crippen MR) is 85.1 cm³/mol.